The number of nitrogens with zero attached hydrogens (tertiary/aromatic N) is 2. The zero-order valence-electron chi connectivity index (χ0n) is 22.9. The number of amides is 2. The van der Waals surface area contributed by atoms with Gasteiger partial charge in [-0.15, -0.1) is 0 Å². The normalized spacial score (nSPS) is 17.4. The molecular weight excluding hydrogens is 496 g/mol. The third kappa shape index (κ3) is 8.13. The Labute approximate surface area is 229 Å². The van der Waals surface area contributed by atoms with E-state index in [1.54, 1.807) is 12.3 Å². The molecular formula is C30H38N4O5. The van der Waals surface area contributed by atoms with Crippen molar-refractivity contribution in [1.82, 2.24) is 20.6 Å². The van der Waals surface area contributed by atoms with Gasteiger partial charge in [-0.05, 0) is 76.5 Å². The highest BCUT2D eigenvalue weighted by molar-refractivity contribution is 6.07. The Bertz CT molecular complexity index is 1260. The summed E-state index contributed by atoms with van der Waals surface area (Å²) in [7, 11) is 0. The number of benzene rings is 1. The second kappa shape index (κ2) is 12.9. The number of aliphatic hydroxyl groups is 1. The van der Waals surface area contributed by atoms with Crippen LogP contribution in [0.2, 0.25) is 0 Å². The van der Waals surface area contributed by atoms with Gasteiger partial charge in [0, 0.05) is 36.3 Å². The lowest BCUT2D eigenvalue weighted by Crippen LogP contribution is -2.37. The minimum atomic E-state index is -0.502. The average molecular weight is 535 g/mol. The van der Waals surface area contributed by atoms with Crippen LogP contribution >= 0.6 is 0 Å². The standard InChI is InChI=1S/C30H38N4O5/c1-30(2,3)39-29(37)33-18-21-10-8-20(9-11-21)17-32-28(36)24-16-26(34-25-7-5-4-6-23(24)25)22-12-13-27(31-19-22)38-15-14-35/h4-7,12-13,16,19-21,35H,8-11,14-15,17-18H2,1-3H3,(H,32,36)(H,33,37). The summed E-state index contributed by atoms with van der Waals surface area (Å²) < 4.78 is 10.7. The zero-order valence-corrected chi connectivity index (χ0v) is 22.9. The van der Waals surface area contributed by atoms with Crippen LogP contribution in [0, 0.1) is 11.8 Å². The maximum atomic E-state index is 13.4. The fourth-order valence-corrected chi connectivity index (χ4v) is 4.79. The first-order chi connectivity index (χ1) is 18.7. The molecule has 4 rings (SSSR count). The summed E-state index contributed by atoms with van der Waals surface area (Å²) in [5, 5.41) is 15.8. The van der Waals surface area contributed by atoms with E-state index < -0.39 is 5.60 Å². The molecule has 0 bridgehead atoms. The molecule has 9 heteroatoms. The molecule has 9 nitrogen and oxygen atoms in total. The molecule has 1 saturated carbocycles. The van der Waals surface area contributed by atoms with Gasteiger partial charge < -0.3 is 25.2 Å². The van der Waals surface area contributed by atoms with Crippen molar-refractivity contribution in [2.75, 3.05) is 26.3 Å². The molecule has 0 spiro atoms. The van der Waals surface area contributed by atoms with Crippen molar-refractivity contribution >= 4 is 22.9 Å². The molecule has 0 radical (unpaired) electrons. The number of alkyl carbamates (subject to hydrolysis) is 1. The largest absolute Gasteiger partial charge is 0.475 e. The van der Waals surface area contributed by atoms with Gasteiger partial charge in [0.25, 0.3) is 5.91 Å². The fraction of sp³-hybridized carbons (Fsp3) is 0.467. The molecule has 0 atom stereocenters. The fourth-order valence-electron chi connectivity index (χ4n) is 4.79. The van der Waals surface area contributed by atoms with Crippen LogP contribution in [0.3, 0.4) is 0 Å². The molecule has 3 N–H and O–H groups in total. The number of rotatable bonds is 9. The van der Waals surface area contributed by atoms with Gasteiger partial charge in [-0.1, -0.05) is 18.2 Å². The van der Waals surface area contributed by atoms with Gasteiger partial charge in [0.1, 0.15) is 12.2 Å². The van der Waals surface area contributed by atoms with Crippen molar-refractivity contribution in [3.8, 4) is 17.1 Å². The highest BCUT2D eigenvalue weighted by atomic mass is 16.6. The van der Waals surface area contributed by atoms with Crippen LogP contribution in [0.4, 0.5) is 4.79 Å². The third-order valence-corrected chi connectivity index (χ3v) is 6.79. The van der Waals surface area contributed by atoms with Gasteiger partial charge in [-0.2, -0.15) is 0 Å². The lowest BCUT2D eigenvalue weighted by atomic mass is 9.82. The summed E-state index contributed by atoms with van der Waals surface area (Å²) in [4.78, 5) is 34.3. The van der Waals surface area contributed by atoms with Crippen molar-refractivity contribution in [3.05, 3.63) is 54.2 Å². The van der Waals surface area contributed by atoms with Gasteiger partial charge in [0.2, 0.25) is 5.88 Å². The van der Waals surface area contributed by atoms with E-state index in [1.807, 2.05) is 57.2 Å². The number of fused-ring (bicyclic) bond motifs is 1. The second-order valence-corrected chi connectivity index (χ2v) is 11.0. The van der Waals surface area contributed by atoms with Crippen molar-refractivity contribution in [3.63, 3.8) is 0 Å². The predicted molar refractivity (Wildman–Crippen MR) is 150 cm³/mol. The number of carbonyl (C=O) groups excluding carboxylic acids is 2. The van der Waals surface area contributed by atoms with Crippen molar-refractivity contribution in [2.24, 2.45) is 11.8 Å². The summed E-state index contributed by atoms with van der Waals surface area (Å²) in [6, 6.07) is 13.0. The SMILES string of the molecule is CC(C)(C)OC(=O)NCC1CCC(CNC(=O)c2cc(-c3ccc(OCCO)nc3)nc3ccccc23)CC1. The Morgan fingerprint density at radius 2 is 1.69 bits per heavy atom. The number of para-hydroxylation sites is 1. The summed E-state index contributed by atoms with van der Waals surface area (Å²) in [6.45, 7) is 6.88. The van der Waals surface area contributed by atoms with E-state index in [0.29, 0.717) is 42.1 Å². The van der Waals surface area contributed by atoms with E-state index >= 15 is 0 Å². The first-order valence-corrected chi connectivity index (χ1v) is 13.6. The summed E-state index contributed by atoms with van der Waals surface area (Å²) >= 11 is 0. The minimum Gasteiger partial charge on any atom is -0.475 e. The molecule has 1 aliphatic carbocycles. The Morgan fingerprint density at radius 3 is 2.33 bits per heavy atom. The molecule has 1 aliphatic rings. The van der Waals surface area contributed by atoms with Crippen LogP contribution < -0.4 is 15.4 Å². The lowest BCUT2D eigenvalue weighted by molar-refractivity contribution is 0.0512. The minimum absolute atomic E-state index is 0.0825. The van der Waals surface area contributed by atoms with E-state index in [0.717, 1.165) is 42.1 Å². The van der Waals surface area contributed by atoms with Crippen molar-refractivity contribution in [2.45, 2.75) is 52.1 Å². The number of hydrogen-bond acceptors (Lipinski definition) is 7. The Morgan fingerprint density at radius 1 is 1.00 bits per heavy atom. The molecule has 2 heterocycles. The summed E-state index contributed by atoms with van der Waals surface area (Å²) in [6.07, 6.45) is 5.29. The maximum absolute atomic E-state index is 13.4. The highest BCUT2D eigenvalue weighted by Gasteiger charge is 2.24. The maximum Gasteiger partial charge on any atom is 0.407 e. The predicted octanol–water partition coefficient (Wildman–Crippen LogP) is 4.73. The molecule has 1 aromatic carbocycles. The van der Waals surface area contributed by atoms with Gasteiger partial charge in [0.15, 0.2) is 0 Å². The number of carbonyl (C=O) groups is 2. The zero-order chi connectivity index (χ0) is 27.8. The van der Waals surface area contributed by atoms with Gasteiger partial charge in [-0.3, -0.25) is 4.79 Å². The average Bonchev–Trinajstić information content (AvgIpc) is 2.93. The second-order valence-electron chi connectivity index (χ2n) is 11.0. The Balaban J connectivity index is 1.35. The van der Waals surface area contributed by atoms with Crippen molar-refractivity contribution < 1.29 is 24.2 Å². The molecule has 0 unspecified atom stereocenters. The summed E-state index contributed by atoms with van der Waals surface area (Å²) in [5.74, 6) is 1.11. The number of aliphatic hydroxyl groups excluding tert-OH is 1. The van der Waals surface area contributed by atoms with E-state index in [-0.39, 0.29) is 25.2 Å². The van der Waals surface area contributed by atoms with E-state index in [2.05, 4.69) is 15.6 Å². The van der Waals surface area contributed by atoms with Crippen LogP contribution in [0.1, 0.15) is 56.8 Å². The van der Waals surface area contributed by atoms with E-state index in [9.17, 15) is 9.59 Å². The number of ether oxygens (including phenoxy) is 2. The van der Waals surface area contributed by atoms with Gasteiger partial charge >= 0.3 is 6.09 Å². The molecule has 0 aliphatic heterocycles. The van der Waals surface area contributed by atoms with Gasteiger partial charge in [0.05, 0.1) is 23.4 Å². The van der Waals surface area contributed by atoms with Crippen LogP contribution in [-0.2, 0) is 4.74 Å². The first kappa shape index (κ1) is 28.3. The van der Waals surface area contributed by atoms with Crippen LogP contribution in [0.25, 0.3) is 22.2 Å². The quantitative estimate of drug-likeness (QED) is 0.363. The van der Waals surface area contributed by atoms with E-state index in [1.165, 1.54) is 0 Å². The molecule has 0 saturated heterocycles. The highest BCUT2D eigenvalue weighted by Crippen LogP contribution is 2.29. The number of pyridine rings is 2. The monoisotopic (exact) mass is 534 g/mol. The smallest absolute Gasteiger partial charge is 0.407 e. The lowest BCUT2D eigenvalue weighted by Gasteiger charge is -2.29. The van der Waals surface area contributed by atoms with Crippen LogP contribution in [0.15, 0.2) is 48.7 Å². The van der Waals surface area contributed by atoms with E-state index in [4.69, 9.17) is 19.6 Å². The number of aromatic nitrogens is 2. The van der Waals surface area contributed by atoms with Crippen LogP contribution in [-0.4, -0.2) is 59.0 Å². The first-order valence-electron chi connectivity index (χ1n) is 13.6. The number of hydrogen-bond donors (Lipinski definition) is 3. The molecule has 208 valence electrons. The molecule has 3 aromatic rings. The number of nitrogens with one attached hydrogen (secondary N) is 2. The molecule has 39 heavy (non-hydrogen) atoms. The van der Waals surface area contributed by atoms with Crippen molar-refractivity contribution in [1.29, 1.82) is 0 Å². The molecule has 2 amide bonds. The Kier molecular flexibility index (Phi) is 9.35. The molecule has 1 fully saturated rings. The topological polar surface area (TPSA) is 123 Å². The molecule has 2 aromatic heterocycles. The third-order valence-electron chi connectivity index (χ3n) is 6.79. The Hall–Kier alpha value is -3.72. The van der Waals surface area contributed by atoms with Gasteiger partial charge in [-0.25, -0.2) is 14.8 Å². The van der Waals surface area contributed by atoms with Crippen LogP contribution in [0.5, 0.6) is 5.88 Å². The summed E-state index contributed by atoms with van der Waals surface area (Å²) in [5.41, 5.74) is 2.23.